The highest BCUT2D eigenvalue weighted by Gasteiger charge is 2.09. The van der Waals surface area contributed by atoms with E-state index in [1.807, 2.05) is 30.5 Å². The van der Waals surface area contributed by atoms with E-state index in [0.717, 1.165) is 16.1 Å². The van der Waals surface area contributed by atoms with Gasteiger partial charge < -0.3 is 0 Å². The van der Waals surface area contributed by atoms with Crippen molar-refractivity contribution in [3.8, 4) is 0 Å². The normalized spacial score (nSPS) is 12.0. The zero-order valence-corrected chi connectivity index (χ0v) is 14.4. The van der Waals surface area contributed by atoms with Gasteiger partial charge in [0, 0.05) is 16.7 Å². The maximum atomic E-state index is 4.66. The minimum absolute atomic E-state index is 0.886. The highest BCUT2D eigenvalue weighted by Crippen LogP contribution is 2.35. The number of thiol groups is 1. The van der Waals surface area contributed by atoms with Crippen LogP contribution in [0.4, 0.5) is 5.69 Å². The average Bonchev–Trinajstić information content (AvgIpc) is 2.66. The maximum absolute atomic E-state index is 4.66. The smallest absolute Gasteiger partial charge is 0.0763 e. The molecule has 25 heavy (non-hydrogen) atoms. The molecule has 0 radical (unpaired) electrons. The summed E-state index contributed by atoms with van der Waals surface area (Å²) in [5.41, 5.74) is 2.01. The molecule has 2 heteroatoms. The Bertz CT molecular complexity index is 1240. The molecular formula is C23H15NS. The van der Waals surface area contributed by atoms with E-state index >= 15 is 0 Å². The number of aliphatic imine (C=N–C) groups is 1. The highest BCUT2D eigenvalue weighted by atomic mass is 32.1. The third-order valence-electron chi connectivity index (χ3n) is 4.79. The molecule has 0 aliphatic rings. The first-order valence-corrected chi connectivity index (χ1v) is 8.74. The quantitative estimate of drug-likeness (QED) is 0.211. The van der Waals surface area contributed by atoms with Crippen molar-refractivity contribution in [3.63, 3.8) is 0 Å². The Balaban J connectivity index is 1.78. The topological polar surface area (TPSA) is 12.4 Å². The highest BCUT2D eigenvalue weighted by molar-refractivity contribution is 7.80. The Morgan fingerprint density at radius 2 is 1.32 bits per heavy atom. The van der Waals surface area contributed by atoms with Gasteiger partial charge in [0.05, 0.1) is 5.69 Å². The summed E-state index contributed by atoms with van der Waals surface area (Å²) < 4.78 is 0. The number of hydrogen-bond acceptors (Lipinski definition) is 2. The summed E-state index contributed by atoms with van der Waals surface area (Å²) in [6.07, 6.45) is 1.95. The Morgan fingerprint density at radius 3 is 2.12 bits per heavy atom. The minimum atomic E-state index is 0.886. The summed E-state index contributed by atoms with van der Waals surface area (Å²) >= 11 is 4.48. The van der Waals surface area contributed by atoms with E-state index in [-0.39, 0.29) is 0 Å². The fourth-order valence-corrected chi connectivity index (χ4v) is 3.80. The fraction of sp³-hybridized carbons (Fsp3) is 0. The van der Waals surface area contributed by atoms with Gasteiger partial charge in [0.25, 0.3) is 0 Å². The van der Waals surface area contributed by atoms with Gasteiger partial charge in [-0.2, -0.15) is 0 Å². The molecule has 0 bridgehead atoms. The van der Waals surface area contributed by atoms with Crippen molar-refractivity contribution in [1.82, 2.24) is 0 Å². The zero-order chi connectivity index (χ0) is 16.8. The van der Waals surface area contributed by atoms with E-state index in [2.05, 4.69) is 72.2 Å². The minimum Gasteiger partial charge on any atom is -0.255 e. The van der Waals surface area contributed by atoms with Crippen molar-refractivity contribution in [2.24, 2.45) is 4.99 Å². The monoisotopic (exact) mass is 337 g/mol. The van der Waals surface area contributed by atoms with E-state index in [0.29, 0.717) is 0 Å². The number of rotatable bonds is 2. The average molecular weight is 337 g/mol. The van der Waals surface area contributed by atoms with Crippen LogP contribution in [0.1, 0.15) is 5.56 Å². The van der Waals surface area contributed by atoms with E-state index in [4.69, 9.17) is 0 Å². The molecule has 0 aliphatic heterocycles. The lowest BCUT2D eigenvalue weighted by atomic mass is 9.92. The van der Waals surface area contributed by atoms with Gasteiger partial charge in [0.1, 0.15) is 0 Å². The molecule has 118 valence electrons. The predicted molar refractivity (Wildman–Crippen MR) is 111 cm³/mol. The molecule has 0 saturated heterocycles. The first-order valence-electron chi connectivity index (χ1n) is 8.30. The summed E-state index contributed by atoms with van der Waals surface area (Å²) in [4.78, 5) is 5.54. The number of benzene rings is 5. The molecule has 0 atom stereocenters. The first-order chi connectivity index (χ1) is 12.3. The molecule has 5 rings (SSSR count). The van der Waals surface area contributed by atoms with Crippen LogP contribution < -0.4 is 0 Å². The summed E-state index contributed by atoms with van der Waals surface area (Å²) in [6.45, 7) is 0. The fourth-order valence-electron chi connectivity index (χ4n) is 3.58. The van der Waals surface area contributed by atoms with Crippen LogP contribution >= 0.6 is 12.6 Å². The lowest BCUT2D eigenvalue weighted by Crippen LogP contribution is -1.89. The van der Waals surface area contributed by atoms with Crippen LogP contribution in [0, 0.1) is 0 Å². The molecule has 0 saturated carbocycles. The molecule has 1 nitrogen and oxygen atoms in total. The van der Waals surface area contributed by atoms with Crippen molar-refractivity contribution in [2.45, 2.75) is 4.90 Å². The van der Waals surface area contributed by atoms with Gasteiger partial charge in [-0.15, -0.1) is 12.6 Å². The van der Waals surface area contributed by atoms with Crippen molar-refractivity contribution in [2.75, 3.05) is 0 Å². The Labute approximate surface area is 151 Å². The molecule has 5 aromatic rings. The molecule has 0 spiro atoms. The molecule has 0 N–H and O–H groups in total. The molecule has 0 fully saturated rings. The summed E-state index contributed by atoms with van der Waals surface area (Å²) in [6, 6.07) is 27.5. The van der Waals surface area contributed by atoms with Crippen LogP contribution in [0.3, 0.4) is 0 Å². The lowest BCUT2D eigenvalue weighted by Gasteiger charge is -2.12. The standard InChI is InChI=1S/C23H15NS/c25-21-7-2-1-6-20(21)24-14-18-11-10-17-9-8-15-4-3-5-16-12-13-19(18)23(17)22(15)16/h1-14,25H. The third-order valence-corrected chi connectivity index (χ3v) is 5.17. The van der Waals surface area contributed by atoms with Crippen molar-refractivity contribution >= 4 is 56.8 Å². The SMILES string of the molecule is Sc1ccccc1N=Cc1ccc2ccc3cccc4ccc1c2c34. The van der Waals surface area contributed by atoms with Crippen LogP contribution in [0.15, 0.2) is 88.8 Å². The Hall–Kier alpha value is -2.84. The van der Waals surface area contributed by atoms with Gasteiger partial charge in [0.2, 0.25) is 0 Å². The third kappa shape index (κ3) is 2.30. The Kier molecular flexibility index (Phi) is 3.25. The molecule has 0 amide bonds. The zero-order valence-electron chi connectivity index (χ0n) is 13.5. The van der Waals surface area contributed by atoms with Gasteiger partial charge in [-0.05, 0) is 44.5 Å². The molecule has 5 aromatic carbocycles. The Morgan fingerprint density at radius 1 is 0.640 bits per heavy atom. The van der Waals surface area contributed by atoms with Crippen LogP contribution in [-0.2, 0) is 0 Å². The van der Waals surface area contributed by atoms with E-state index in [1.165, 1.54) is 32.3 Å². The van der Waals surface area contributed by atoms with Gasteiger partial charge in [-0.3, -0.25) is 4.99 Å². The van der Waals surface area contributed by atoms with Crippen LogP contribution in [-0.4, -0.2) is 6.21 Å². The maximum Gasteiger partial charge on any atom is 0.0763 e. The van der Waals surface area contributed by atoms with E-state index in [1.54, 1.807) is 0 Å². The summed E-state index contributed by atoms with van der Waals surface area (Å²) in [5, 5.41) is 7.73. The molecular weight excluding hydrogens is 322 g/mol. The second kappa shape index (κ2) is 5.61. The van der Waals surface area contributed by atoms with Crippen molar-refractivity contribution in [3.05, 3.63) is 84.4 Å². The second-order valence-electron chi connectivity index (χ2n) is 6.26. The van der Waals surface area contributed by atoms with Crippen LogP contribution in [0.5, 0.6) is 0 Å². The molecule has 0 aliphatic carbocycles. The van der Waals surface area contributed by atoms with Gasteiger partial charge in [0.15, 0.2) is 0 Å². The van der Waals surface area contributed by atoms with Gasteiger partial charge >= 0.3 is 0 Å². The van der Waals surface area contributed by atoms with E-state index in [9.17, 15) is 0 Å². The van der Waals surface area contributed by atoms with Crippen molar-refractivity contribution < 1.29 is 0 Å². The predicted octanol–water partition coefficient (Wildman–Crippen LogP) is 6.62. The molecule has 0 unspecified atom stereocenters. The largest absolute Gasteiger partial charge is 0.255 e. The van der Waals surface area contributed by atoms with Gasteiger partial charge in [-0.1, -0.05) is 66.7 Å². The summed E-state index contributed by atoms with van der Waals surface area (Å²) in [5.74, 6) is 0. The lowest BCUT2D eigenvalue weighted by molar-refractivity contribution is 1.39. The summed E-state index contributed by atoms with van der Waals surface area (Å²) in [7, 11) is 0. The second-order valence-corrected chi connectivity index (χ2v) is 6.74. The van der Waals surface area contributed by atoms with Gasteiger partial charge in [-0.25, -0.2) is 0 Å². The molecule has 0 heterocycles. The number of hydrogen-bond donors (Lipinski definition) is 1. The van der Waals surface area contributed by atoms with Crippen molar-refractivity contribution in [1.29, 1.82) is 0 Å². The number of para-hydroxylation sites is 1. The van der Waals surface area contributed by atoms with Crippen LogP contribution in [0.2, 0.25) is 0 Å². The number of nitrogens with zero attached hydrogens (tertiary/aromatic N) is 1. The molecule has 0 aromatic heterocycles. The van der Waals surface area contributed by atoms with Crippen LogP contribution in [0.25, 0.3) is 32.3 Å². The van der Waals surface area contributed by atoms with E-state index < -0.39 is 0 Å². The first kappa shape index (κ1) is 14.5.